The van der Waals surface area contributed by atoms with Gasteiger partial charge in [-0.15, -0.1) is 0 Å². The van der Waals surface area contributed by atoms with Crippen LogP contribution in [0.2, 0.25) is 0 Å². The molecule has 0 aromatic heterocycles. The van der Waals surface area contributed by atoms with Gasteiger partial charge in [-0.3, -0.25) is 0 Å². The van der Waals surface area contributed by atoms with Crippen LogP contribution in [0.4, 0.5) is 0 Å². The van der Waals surface area contributed by atoms with Crippen molar-refractivity contribution in [2.45, 2.75) is 26.3 Å². The maximum atomic E-state index is 9.36. The third-order valence-corrected chi connectivity index (χ3v) is 3.72. The van der Waals surface area contributed by atoms with Gasteiger partial charge < -0.3 is 15.3 Å². The first-order valence-corrected chi connectivity index (χ1v) is 6.95. The highest BCUT2D eigenvalue weighted by molar-refractivity contribution is 5.26. The summed E-state index contributed by atoms with van der Waals surface area (Å²) in [7, 11) is 0. The Labute approximate surface area is 110 Å². The highest BCUT2D eigenvalue weighted by Crippen LogP contribution is 2.15. The van der Waals surface area contributed by atoms with Crippen molar-refractivity contribution in [3.63, 3.8) is 0 Å². The smallest absolute Gasteiger partial charge is 0.115 e. The molecule has 0 unspecified atom stereocenters. The monoisotopic (exact) mass is 248 g/mol. The summed E-state index contributed by atoms with van der Waals surface area (Å²) >= 11 is 0. The van der Waals surface area contributed by atoms with E-state index in [1.54, 1.807) is 6.07 Å². The third kappa shape index (κ3) is 4.31. The largest absolute Gasteiger partial charge is 0.508 e. The fourth-order valence-electron chi connectivity index (χ4n) is 2.42. The van der Waals surface area contributed by atoms with E-state index in [0.717, 1.165) is 31.1 Å². The van der Waals surface area contributed by atoms with E-state index < -0.39 is 0 Å². The Morgan fingerprint density at radius 3 is 2.83 bits per heavy atom. The highest BCUT2D eigenvalue weighted by atomic mass is 16.3. The average molecular weight is 248 g/mol. The molecule has 1 aliphatic rings. The molecule has 0 saturated carbocycles. The Bertz CT molecular complexity index is 359. The van der Waals surface area contributed by atoms with Crippen molar-refractivity contribution in [2.75, 3.05) is 26.2 Å². The van der Waals surface area contributed by atoms with Crippen LogP contribution in [-0.4, -0.2) is 36.2 Å². The maximum Gasteiger partial charge on any atom is 0.115 e. The number of benzene rings is 1. The van der Waals surface area contributed by atoms with Crippen molar-refractivity contribution in [3.8, 4) is 5.75 Å². The summed E-state index contributed by atoms with van der Waals surface area (Å²) in [5, 5.41) is 12.8. The van der Waals surface area contributed by atoms with Crippen molar-refractivity contribution >= 4 is 0 Å². The lowest BCUT2D eigenvalue weighted by atomic mass is 9.99. The van der Waals surface area contributed by atoms with Crippen LogP contribution in [-0.2, 0) is 6.54 Å². The fraction of sp³-hybridized carbons (Fsp3) is 0.600. The first kappa shape index (κ1) is 13.4. The van der Waals surface area contributed by atoms with Gasteiger partial charge in [0, 0.05) is 19.6 Å². The topological polar surface area (TPSA) is 35.5 Å². The molecule has 0 amide bonds. The number of aromatic hydroxyl groups is 1. The molecule has 2 N–H and O–H groups in total. The van der Waals surface area contributed by atoms with Crippen molar-refractivity contribution in [3.05, 3.63) is 29.8 Å². The van der Waals surface area contributed by atoms with Gasteiger partial charge in [0.2, 0.25) is 0 Å². The molecule has 3 heteroatoms. The quantitative estimate of drug-likeness (QED) is 0.784. The van der Waals surface area contributed by atoms with Gasteiger partial charge in [0.25, 0.3) is 0 Å². The lowest BCUT2D eigenvalue weighted by Crippen LogP contribution is -2.37. The number of hydrogen-bond acceptors (Lipinski definition) is 3. The predicted molar refractivity (Wildman–Crippen MR) is 74.7 cm³/mol. The van der Waals surface area contributed by atoms with Crippen LogP contribution in [0.25, 0.3) is 0 Å². The summed E-state index contributed by atoms with van der Waals surface area (Å²) in [4.78, 5) is 2.54. The molecule has 1 aromatic rings. The Balaban J connectivity index is 1.61. The molecule has 1 saturated heterocycles. The summed E-state index contributed by atoms with van der Waals surface area (Å²) in [5.41, 5.74) is 1.14. The molecule has 0 atom stereocenters. The van der Waals surface area contributed by atoms with E-state index in [-0.39, 0.29) is 0 Å². The normalized spacial score (nSPS) is 18.1. The van der Waals surface area contributed by atoms with Crippen LogP contribution in [0.3, 0.4) is 0 Å². The van der Waals surface area contributed by atoms with Crippen LogP contribution in [0, 0.1) is 5.92 Å². The zero-order valence-corrected chi connectivity index (χ0v) is 11.2. The summed E-state index contributed by atoms with van der Waals surface area (Å²) in [6.07, 6.45) is 2.68. The summed E-state index contributed by atoms with van der Waals surface area (Å²) in [6.45, 7) is 7.82. The average Bonchev–Trinajstić information content (AvgIpc) is 2.37. The van der Waals surface area contributed by atoms with Crippen LogP contribution >= 0.6 is 0 Å². The molecule has 1 fully saturated rings. The zero-order chi connectivity index (χ0) is 12.8. The minimum atomic E-state index is 0.347. The van der Waals surface area contributed by atoms with Gasteiger partial charge in [-0.2, -0.15) is 0 Å². The fourth-order valence-corrected chi connectivity index (χ4v) is 2.42. The van der Waals surface area contributed by atoms with Crippen LogP contribution < -0.4 is 5.32 Å². The van der Waals surface area contributed by atoms with Crippen LogP contribution in [0.15, 0.2) is 24.3 Å². The van der Waals surface area contributed by atoms with Crippen molar-refractivity contribution in [2.24, 2.45) is 5.92 Å². The second kappa shape index (κ2) is 6.76. The molecule has 0 bridgehead atoms. The number of nitrogens with zero attached hydrogens (tertiary/aromatic N) is 1. The predicted octanol–water partition coefficient (Wildman–Crippen LogP) is 2.21. The number of phenols is 1. The van der Waals surface area contributed by atoms with Crippen LogP contribution in [0.1, 0.15) is 25.3 Å². The molecular formula is C15H24N2O. The number of piperidine rings is 1. The number of phenolic OH excluding ortho intramolecular Hbond substituents is 1. The lowest BCUT2D eigenvalue weighted by molar-refractivity contribution is 0.193. The lowest BCUT2D eigenvalue weighted by Gasteiger charge is -2.30. The van der Waals surface area contributed by atoms with E-state index >= 15 is 0 Å². The molecule has 0 radical (unpaired) electrons. The number of rotatable bonds is 5. The maximum absolute atomic E-state index is 9.36. The standard InChI is InChI=1S/C15H24N2O/c1-13-5-8-17(9-6-13)10-7-16-12-14-3-2-4-15(18)11-14/h2-4,11,13,16,18H,5-10,12H2,1H3. The minimum absolute atomic E-state index is 0.347. The SMILES string of the molecule is CC1CCN(CCNCc2cccc(O)c2)CC1. The van der Waals surface area contributed by atoms with Gasteiger partial charge in [0.1, 0.15) is 5.75 Å². The van der Waals surface area contributed by atoms with E-state index in [1.165, 1.54) is 25.9 Å². The van der Waals surface area contributed by atoms with Crippen molar-refractivity contribution in [1.29, 1.82) is 0 Å². The molecule has 1 aliphatic heterocycles. The Morgan fingerprint density at radius 1 is 1.33 bits per heavy atom. The minimum Gasteiger partial charge on any atom is -0.508 e. The van der Waals surface area contributed by atoms with Gasteiger partial charge in [0.15, 0.2) is 0 Å². The molecule has 3 nitrogen and oxygen atoms in total. The second-order valence-corrected chi connectivity index (χ2v) is 5.37. The Kier molecular flexibility index (Phi) is 5.02. The van der Waals surface area contributed by atoms with Gasteiger partial charge >= 0.3 is 0 Å². The molecular weight excluding hydrogens is 224 g/mol. The summed E-state index contributed by atoms with van der Waals surface area (Å²) in [6, 6.07) is 7.45. The van der Waals surface area contributed by atoms with Crippen molar-refractivity contribution in [1.82, 2.24) is 10.2 Å². The zero-order valence-electron chi connectivity index (χ0n) is 11.2. The molecule has 1 heterocycles. The Morgan fingerprint density at radius 2 is 2.11 bits per heavy atom. The van der Waals surface area contributed by atoms with E-state index in [4.69, 9.17) is 0 Å². The van der Waals surface area contributed by atoms with E-state index in [1.807, 2.05) is 18.2 Å². The Hall–Kier alpha value is -1.06. The van der Waals surface area contributed by atoms with E-state index in [2.05, 4.69) is 17.1 Å². The summed E-state index contributed by atoms with van der Waals surface area (Å²) in [5.74, 6) is 1.25. The van der Waals surface area contributed by atoms with E-state index in [0.29, 0.717) is 5.75 Å². The molecule has 0 aliphatic carbocycles. The van der Waals surface area contributed by atoms with Crippen molar-refractivity contribution < 1.29 is 5.11 Å². The second-order valence-electron chi connectivity index (χ2n) is 5.37. The first-order valence-electron chi connectivity index (χ1n) is 6.95. The van der Waals surface area contributed by atoms with Gasteiger partial charge in [-0.25, -0.2) is 0 Å². The van der Waals surface area contributed by atoms with Gasteiger partial charge in [-0.1, -0.05) is 19.1 Å². The van der Waals surface area contributed by atoms with Gasteiger partial charge in [-0.05, 0) is 49.5 Å². The van der Waals surface area contributed by atoms with Gasteiger partial charge in [0.05, 0.1) is 0 Å². The van der Waals surface area contributed by atoms with E-state index in [9.17, 15) is 5.11 Å². The number of nitrogens with one attached hydrogen (secondary N) is 1. The third-order valence-electron chi connectivity index (χ3n) is 3.72. The molecule has 1 aromatic carbocycles. The molecule has 0 spiro atoms. The first-order chi connectivity index (χ1) is 8.74. The molecule has 100 valence electrons. The number of hydrogen-bond donors (Lipinski definition) is 2. The molecule has 18 heavy (non-hydrogen) atoms. The van der Waals surface area contributed by atoms with Crippen LogP contribution in [0.5, 0.6) is 5.75 Å². The molecule has 2 rings (SSSR count). The number of likely N-dealkylation sites (tertiary alicyclic amines) is 1. The summed E-state index contributed by atoms with van der Waals surface area (Å²) < 4.78 is 0. The highest BCUT2D eigenvalue weighted by Gasteiger charge is 2.14.